The first kappa shape index (κ1) is 11.7. The summed E-state index contributed by atoms with van der Waals surface area (Å²) in [5.41, 5.74) is 1.21. The van der Waals surface area contributed by atoms with Crippen LogP contribution in [0.25, 0.3) is 0 Å². The summed E-state index contributed by atoms with van der Waals surface area (Å²) in [5, 5.41) is 0. The van der Waals surface area contributed by atoms with Crippen molar-refractivity contribution >= 4 is 15.9 Å². The molecule has 0 spiro atoms. The average Bonchev–Trinajstić information content (AvgIpc) is 2.20. The number of hydrogen-bond donors (Lipinski definition) is 0. The minimum Gasteiger partial charge on any atom is -0.261 e. The van der Waals surface area contributed by atoms with Crippen LogP contribution in [0.2, 0.25) is 0 Å². The Morgan fingerprint density at radius 1 is 1.36 bits per heavy atom. The Morgan fingerprint density at radius 3 is 2.86 bits per heavy atom. The van der Waals surface area contributed by atoms with Crippen molar-refractivity contribution in [3.05, 3.63) is 30.1 Å². The lowest BCUT2D eigenvalue weighted by Crippen LogP contribution is -1.98. The van der Waals surface area contributed by atoms with Gasteiger partial charge in [-0.2, -0.15) is 0 Å². The second kappa shape index (κ2) is 6.99. The Bertz CT molecular complexity index is 235. The summed E-state index contributed by atoms with van der Waals surface area (Å²) in [7, 11) is 0. The molecular formula is C12H18BrN. The molecular weight excluding hydrogens is 238 g/mol. The van der Waals surface area contributed by atoms with E-state index in [2.05, 4.69) is 40.0 Å². The summed E-state index contributed by atoms with van der Waals surface area (Å²) >= 11 is 3.69. The van der Waals surface area contributed by atoms with Gasteiger partial charge in [0.1, 0.15) is 0 Å². The number of rotatable bonds is 6. The second-order valence-electron chi connectivity index (χ2n) is 3.60. The van der Waals surface area contributed by atoms with Crippen LogP contribution in [0.3, 0.4) is 0 Å². The Balaban J connectivity index is 2.16. The zero-order chi connectivity index (χ0) is 10.2. The third-order valence-electron chi connectivity index (χ3n) is 2.28. The highest BCUT2D eigenvalue weighted by atomic mass is 79.9. The lowest BCUT2D eigenvalue weighted by Gasteiger charge is -2.07. The topological polar surface area (TPSA) is 12.9 Å². The van der Waals surface area contributed by atoms with Gasteiger partial charge in [0.2, 0.25) is 0 Å². The number of nitrogens with zero attached hydrogens (tertiary/aromatic N) is 1. The van der Waals surface area contributed by atoms with Crippen LogP contribution >= 0.6 is 15.9 Å². The molecule has 0 aliphatic rings. The molecule has 0 radical (unpaired) electrons. The van der Waals surface area contributed by atoms with E-state index in [1.165, 1.54) is 31.4 Å². The van der Waals surface area contributed by atoms with E-state index >= 15 is 0 Å². The lowest BCUT2D eigenvalue weighted by molar-refractivity contribution is 0.650. The molecule has 0 aliphatic heterocycles. The van der Waals surface area contributed by atoms with Crippen molar-refractivity contribution < 1.29 is 0 Å². The van der Waals surface area contributed by atoms with Crippen LogP contribution in [-0.4, -0.2) is 9.81 Å². The van der Waals surface area contributed by atoms with Gasteiger partial charge in [-0.15, -0.1) is 0 Å². The van der Waals surface area contributed by atoms with Crippen LogP contribution in [0.5, 0.6) is 0 Å². The highest BCUT2D eigenvalue weighted by Gasteiger charge is 2.02. The molecule has 14 heavy (non-hydrogen) atoms. The van der Waals surface area contributed by atoms with Crippen LogP contribution in [0.15, 0.2) is 24.4 Å². The Hall–Kier alpha value is -0.370. The zero-order valence-electron chi connectivity index (χ0n) is 8.75. The number of alkyl halides is 1. The summed E-state index contributed by atoms with van der Waals surface area (Å²) in [5.74, 6) is 0. The molecule has 1 nitrogen and oxygen atoms in total. The summed E-state index contributed by atoms with van der Waals surface area (Å²) in [6, 6.07) is 6.12. The summed E-state index contributed by atoms with van der Waals surface area (Å²) in [6.07, 6.45) is 8.00. The van der Waals surface area contributed by atoms with Gasteiger partial charge in [0.05, 0.1) is 0 Å². The van der Waals surface area contributed by atoms with Gasteiger partial charge in [-0.25, -0.2) is 0 Å². The minimum absolute atomic E-state index is 0.691. The Kier molecular flexibility index (Phi) is 5.85. The SMILES string of the molecule is CCCC(Br)CCCc1ccccn1. The lowest BCUT2D eigenvalue weighted by atomic mass is 10.1. The largest absolute Gasteiger partial charge is 0.261 e. The van der Waals surface area contributed by atoms with Crippen molar-refractivity contribution in [1.82, 2.24) is 4.98 Å². The molecule has 1 rings (SSSR count). The molecule has 0 N–H and O–H groups in total. The maximum Gasteiger partial charge on any atom is 0.0403 e. The van der Waals surface area contributed by atoms with E-state index in [9.17, 15) is 0 Å². The van der Waals surface area contributed by atoms with Gasteiger partial charge in [0.15, 0.2) is 0 Å². The quantitative estimate of drug-likeness (QED) is 0.702. The van der Waals surface area contributed by atoms with Crippen LogP contribution in [-0.2, 0) is 6.42 Å². The maximum absolute atomic E-state index is 4.31. The first-order valence-corrected chi connectivity index (χ1v) is 6.28. The standard InChI is InChI=1S/C12H18BrN/c1-2-6-11(13)7-5-9-12-8-3-4-10-14-12/h3-4,8,10-11H,2,5-7,9H2,1H3. The molecule has 1 heterocycles. The first-order chi connectivity index (χ1) is 6.83. The van der Waals surface area contributed by atoms with Crippen molar-refractivity contribution in [3.63, 3.8) is 0 Å². The third kappa shape index (κ3) is 4.75. The summed E-state index contributed by atoms with van der Waals surface area (Å²) < 4.78 is 0. The monoisotopic (exact) mass is 255 g/mol. The molecule has 0 saturated carbocycles. The molecule has 0 aliphatic carbocycles. The van der Waals surface area contributed by atoms with Crippen molar-refractivity contribution in [2.45, 2.75) is 43.9 Å². The van der Waals surface area contributed by atoms with E-state index in [-0.39, 0.29) is 0 Å². The predicted octanol–water partition coefficient (Wildman–Crippen LogP) is 3.97. The molecule has 1 aromatic rings. The number of pyridine rings is 1. The predicted molar refractivity (Wildman–Crippen MR) is 64.8 cm³/mol. The van der Waals surface area contributed by atoms with Crippen molar-refractivity contribution in [2.24, 2.45) is 0 Å². The molecule has 0 fully saturated rings. The molecule has 0 saturated heterocycles. The highest BCUT2D eigenvalue weighted by molar-refractivity contribution is 9.09. The number of aromatic nitrogens is 1. The van der Waals surface area contributed by atoms with Gasteiger partial charge in [-0.3, -0.25) is 4.98 Å². The molecule has 0 bridgehead atoms. The van der Waals surface area contributed by atoms with Crippen molar-refractivity contribution in [2.75, 3.05) is 0 Å². The minimum atomic E-state index is 0.691. The molecule has 2 heteroatoms. The fourth-order valence-corrected chi connectivity index (χ4v) is 2.29. The zero-order valence-corrected chi connectivity index (χ0v) is 10.3. The van der Waals surface area contributed by atoms with E-state index in [4.69, 9.17) is 0 Å². The van der Waals surface area contributed by atoms with E-state index in [1.54, 1.807) is 0 Å². The molecule has 0 aromatic carbocycles. The van der Waals surface area contributed by atoms with E-state index in [0.29, 0.717) is 4.83 Å². The van der Waals surface area contributed by atoms with Gasteiger partial charge >= 0.3 is 0 Å². The van der Waals surface area contributed by atoms with Crippen LogP contribution in [0.1, 0.15) is 38.3 Å². The van der Waals surface area contributed by atoms with Crippen LogP contribution in [0.4, 0.5) is 0 Å². The number of aryl methyl sites for hydroxylation is 1. The molecule has 1 unspecified atom stereocenters. The highest BCUT2D eigenvalue weighted by Crippen LogP contribution is 2.15. The summed E-state index contributed by atoms with van der Waals surface area (Å²) in [4.78, 5) is 5.00. The van der Waals surface area contributed by atoms with Gasteiger partial charge in [-0.05, 0) is 37.8 Å². The van der Waals surface area contributed by atoms with Gasteiger partial charge in [0.25, 0.3) is 0 Å². The van der Waals surface area contributed by atoms with Gasteiger partial charge < -0.3 is 0 Å². The maximum atomic E-state index is 4.31. The molecule has 78 valence electrons. The first-order valence-electron chi connectivity index (χ1n) is 5.37. The Morgan fingerprint density at radius 2 is 2.21 bits per heavy atom. The summed E-state index contributed by atoms with van der Waals surface area (Å²) in [6.45, 7) is 2.23. The van der Waals surface area contributed by atoms with E-state index in [0.717, 1.165) is 6.42 Å². The second-order valence-corrected chi connectivity index (χ2v) is 4.89. The number of hydrogen-bond acceptors (Lipinski definition) is 1. The van der Waals surface area contributed by atoms with Gasteiger partial charge in [-0.1, -0.05) is 35.3 Å². The van der Waals surface area contributed by atoms with Crippen LogP contribution < -0.4 is 0 Å². The fraction of sp³-hybridized carbons (Fsp3) is 0.583. The van der Waals surface area contributed by atoms with Crippen molar-refractivity contribution in [3.8, 4) is 0 Å². The van der Waals surface area contributed by atoms with E-state index < -0.39 is 0 Å². The van der Waals surface area contributed by atoms with Gasteiger partial charge in [0, 0.05) is 16.7 Å². The Labute approximate surface area is 95.1 Å². The van der Waals surface area contributed by atoms with E-state index in [1.807, 2.05) is 12.3 Å². The normalized spacial score (nSPS) is 12.7. The van der Waals surface area contributed by atoms with Crippen LogP contribution in [0, 0.1) is 0 Å². The molecule has 0 amide bonds. The average molecular weight is 256 g/mol. The van der Waals surface area contributed by atoms with Crippen molar-refractivity contribution in [1.29, 1.82) is 0 Å². The molecule has 1 aromatic heterocycles. The molecule has 1 atom stereocenters. The smallest absolute Gasteiger partial charge is 0.0403 e. The third-order valence-corrected chi connectivity index (χ3v) is 3.19. The number of halogens is 1. The fourth-order valence-electron chi connectivity index (χ4n) is 1.51.